The van der Waals surface area contributed by atoms with Crippen LogP contribution in [-0.2, 0) is 0 Å². The van der Waals surface area contributed by atoms with Crippen molar-refractivity contribution >= 4 is 28.4 Å². The van der Waals surface area contributed by atoms with E-state index in [4.69, 9.17) is 0 Å². The van der Waals surface area contributed by atoms with Crippen molar-refractivity contribution in [3.05, 3.63) is 77.1 Å². The van der Waals surface area contributed by atoms with Crippen LogP contribution in [0.4, 0.5) is 5.13 Å². The van der Waals surface area contributed by atoms with Gasteiger partial charge in [0.25, 0.3) is 0 Å². The number of hydrogen-bond acceptors (Lipinski definition) is 7. The van der Waals surface area contributed by atoms with Crippen molar-refractivity contribution in [2.45, 2.75) is 12.8 Å². The van der Waals surface area contributed by atoms with Gasteiger partial charge in [0, 0.05) is 35.1 Å². The van der Waals surface area contributed by atoms with Gasteiger partial charge in [-0.25, -0.2) is 4.98 Å². The highest BCUT2D eigenvalue weighted by molar-refractivity contribution is 7.09. The molecule has 1 aliphatic heterocycles. The number of anilines is 1. The Morgan fingerprint density at radius 3 is 2.74 bits per heavy atom. The number of hydrogen-bond donors (Lipinski definition) is 2. The number of rotatable bonds is 5. The van der Waals surface area contributed by atoms with Crippen molar-refractivity contribution in [1.29, 1.82) is 0 Å². The molecular formula is C20H19N5OS. The number of benzene rings is 2. The monoisotopic (exact) mass is 377 g/mol. The second-order valence-corrected chi connectivity index (χ2v) is 7.03. The Hall–Kier alpha value is -3.06. The van der Waals surface area contributed by atoms with E-state index in [0.29, 0.717) is 16.3 Å². The van der Waals surface area contributed by atoms with Gasteiger partial charge in [-0.2, -0.15) is 4.37 Å². The van der Waals surface area contributed by atoms with Gasteiger partial charge in [-0.15, -0.1) is 0 Å². The summed E-state index contributed by atoms with van der Waals surface area (Å²) in [5, 5.41) is 7.01. The van der Waals surface area contributed by atoms with Crippen molar-refractivity contribution in [3.63, 3.8) is 0 Å². The molecule has 4 rings (SSSR count). The topological polar surface area (TPSA) is 79.3 Å². The Morgan fingerprint density at radius 2 is 1.96 bits per heavy atom. The summed E-state index contributed by atoms with van der Waals surface area (Å²) >= 11 is 1.31. The molecule has 6 nitrogen and oxygen atoms in total. The van der Waals surface area contributed by atoms with Crippen molar-refractivity contribution in [2.24, 2.45) is 4.99 Å². The Morgan fingerprint density at radius 1 is 1.15 bits per heavy atom. The van der Waals surface area contributed by atoms with E-state index in [0.717, 1.165) is 30.4 Å². The van der Waals surface area contributed by atoms with Gasteiger partial charge in [0.15, 0.2) is 17.6 Å². The highest BCUT2D eigenvalue weighted by atomic mass is 32.1. The third-order valence-corrected chi connectivity index (χ3v) is 5.06. The molecule has 1 atom stereocenters. The third kappa shape index (κ3) is 3.88. The lowest BCUT2D eigenvalue weighted by molar-refractivity contribution is 0.103. The minimum atomic E-state index is -0.0150. The maximum atomic E-state index is 12.7. The van der Waals surface area contributed by atoms with E-state index in [9.17, 15) is 4.79 Å². The molecule has 0 saturated carbocycles. The summed E-state index contributed by atoms with van der Waals surface area (Å²) in [7, 11) is 0. The zero-order valence-corrected chi connectivity index (χ0v) is 15.7. The standard InChI is InChI=1S/C20H19N5OS/c1-13(18-23-20(27-25-18)24-19-21-10-11-22-19)15-8-5-9-16(12-15)17(26)14-6-3-2-4-7-14/h2-9,12-13H,10-11H2,1H3,(H2,21,22,23,24,25). The van der Waals surface area contributed by atoms with E-state index in [1.807, 2.05) is 61.5 Å². The maximum Gasteiger partial charge on any atom is 0.209 e. The largest absolute Gasteiger partial charge is 0.354 e. The van der Waals surface area contributed by atoms with Crippen LogP contribution < -0.4 is 10.6 Å². The molecule has 2 N–H and O–H groups in total. The Labute approximate surface area is 161 Å². The quantitative estimate of drug-likeness (QED) is 0.667. The third-order valence-electron chi connectivity index (χ3n) is 4.41. The molecule has 0 radical (unpaired) electrons. The van der Waals surface area contributed by atoms with Crippen LogP contribution in [0.5, 0.6) is 0 Å². The predicted octanol–water partition coefficient (Wildman–Crippen LogP) is 3.29. The van der Waals surface area contributed by atoms with E-state index in [2.05, 4.69) is 25.0 Å². The summed E-state index contributed by atoms with van der Waals surface area (Å²) in [5.41, 5.74) is 2.37. The molecule has 0 saturated heterocycles. The molecule has 27 heavy (non-hydrogen) atoms. The molecule has 1 aliphatic rings. The van der Waals surface area contributed by atoms with Gasteiger partial charge < -0.3 is 10.6 Å². The predicted molar refractivity (Wildman–Crippen MR) is 108 cm³/mol. The summed E-state index contributed by atoms with van der Waals surface area (Å²) in [6.07, 6.45) is 0. The number of aliphatic imine (C=N–C) groups is 1. The summed E-state index contributed by atoms with van der Waals surface area (Å²) in [6, 6.07) is 17.0. The Bertz CT molecular complexity index is 983. The normalized spacial score (nSPS) is 14.3. The van der Waals surface area contributed by atoms with E-state index in [1.165, 1.54) is 11.5 Å². The molecule has 1 aromatic heterocycles. The highest BCUT2D eigenvalue weighted by Crippen LogP contribution is 2.26. The number of ketones is 1. The maximum absolute atomic E-state index is 12.7. The first kappa shape index (κ1) is 17.4. The van der Waals surface area contributed by atoms with Crippen LogP contribution in [0.2, 0.25) is 0 Å². The SMILES string of the molecule is CC(c1cccc(C(=O)c2ccccc2)c1)c1nsc(NC2=NCCN2)n1. The number of carbonyl (C=O) groups excluding carboxylic acids is 1. The average molecular weight is 377 g/mol. The summed E-state index contributed by atoms with van der Waals surface area (Å²) in [5.74, 6) is 1.47. The molecular weight excluding hydrogens is 358 g/mol. The van der Waals surface area contributed by atoms with Crippen molar-refractivity contribution in [3.8, 4) is 0 Å². The fraction of sp³-hybridized carbons (Fsp3) is 0.200. The van der Waals surface area contributed by atoms with Crippen LogP contribution in [0.3, 0.4) is 0 Å². The number of nitrogens with one attached hydrogen (secondary N) is 2. The van der Waals surface area contributed by atoms with E-state index >= 15 is 0 Å². The average Bonchev–Trinajstić information content (AvgIpc) is 3.40. The van der Waals surface area contributed by atoms with Gasteiger partial charge >= 0.3 is 0 Å². The minimum absolute atomic E-state index is 0.0150. The van der Waals surface area contributed by atoms with Crippen LogP contribution in [0.25, 0.3) is 0 Å². The fourth-order valence-corrected chi connectivity index (χ4v) is 3.55. The van der Waals surface area contributed by atoms with Crippen LogP contribution >= 0.6 is 11.5 Å². The Kier molecular flexibility index (Phi) is 4.93. The molecule has 7 heteroatoms. The lowest BCUT2D eigenvalue weighted by atomic mass is 9.95. The van der Waals surface area contributed by atoms with Gasteiger partial charge in [0.2, 0.25) is 5.13 Å². The summed E-state index contributed by atoms with van der Waals surface area (Å²) in [4.78, 5) is 21.6. The molecule has 136 valence electrons. The first-order chi connectivity index (χ1) is 13.2. The molecule has 3 aromatic rings. The highest BCUT2D eigenvalue weighted by Gasteiger charge is 2.17. The van der Waals surface area contributed by atoms with Gasteiger partial charge in [0.05, 0.1) is 6.54 Å². The molecule has 0 bridgehead atoms. The van der Waals surface area contributed by atoms with Gasteiger partial charge in [0.1, 0.15) is 0 Å². The fourth-order valence-electron chi connectivity index (χ4n) is 2.90. The van der Waals surface area contributed by atoms with E-state index in [-0.39, 0.29) is 11.7 Å². The smallest absolute Gasteiger partial charge is 0.209 e. The van der Waals surface area contributed by atoms with Crippen LogP contribution in [0, 0.1) is 0 Å². The lowest BCUT2D eigenvalue weighted by Gasteiger charge is -2.10. The second kappa shape index (κ2) is 7.67. The number of carbonyl (C=O) groups is 1. The van der Waals surface area contributed by atoms with Gasteiger partial charge in [-0.05, 0) is 11.6 Å². The number of nitrogens with zero attached hydrogens (tertiary/aromatic N) is 3. The van der Waals surface area contributed by atoms with E-state index < -0.39 is 0 Å². The first-order valence-corrected chi connectivity index (χ1v) is 9.57. The van der Waals surface area contributed by atoms with Crippen molar-refractivity contribution < 1.29 is 4.79 Å². The van der Waals surface area contributed by atoms with Gasteiger partial charge in [-0.1, -0.05) is 55.5 Å². The zero-order chi connectivity index (χ0) is 18.6. The molecule has 1 unspecified atom stereocenters. The molecule has 0 aliphatic carbocycles. The summed E-state index contributed by atoms with van der Waals surface area (Å²) < 4.78 is 4.47. The molecule has 2 aromatic carbocycles. The van der Waals surface area contributed by atoms with Crippen LogP contribution in [-0.4, -0.2) is 34.2 Å². The van der Waals surface area contributed by atoms with E-state index in [1.54, 1.807) is 0 Å². The van der Waals surface area contributed by atoms with Gasteiger partial charge in [-0.3, -0.25) is 9.79 Å². The van der Waals surface area contributed by atoms with Crippen molar-refractivity contribution in [2.75, 3.05) is 18.4 Å². The second-order valence-electron chi connectivity index (χ2n) is 6.28. The minimum Gasteiger partial charge on any atom is -0.354 e. The molecule has 0 fully saturated rings. The summed E-state index contributed by atoms with van der Waals surface area (Å²) in [6.45, 7) is 3.66. The molecule has 0 amide bonds. The lowest BCUT2D eigenvalue weighted by Crippen LogP contribution is -2.26. The molecule has 0 spiro atoms. The Balaban J connectivity index is 1.53. The number of aromatic nitrogens is 2. The van der Waals surface area contributed by atoms with Crippen LogP contribution in [0.15, 0.2) is 59.6 Å². The first-order valence-electron chi connectivity index (χ1n) is 8.79. The zero-order valence-electron chi connectivity index (χ0n) is 14.8. The molecule has 2 heterocycles. The van der Waals surface area contributed by atoms with Crippen LogP contribution in [0.1, 0.15) is 40.2 Å². The van der Waals surface area contributed by atoms with Crippen molar-refractivity contribution in [1.82, 2.24) is 14.7 Å². The number of guanidine groups is 1.